The molecule has 0 fully saturated rings. The molecule has 3 amide bonds. The van der Waals surface area contributed by atoms with Crippen molar-refractivity contribution >= 4 is 34.4 Å². The maximum atomic E-state index is 13.4. The van der Waals surface area contributed by atoms with Crippen LogP contribution in [0.1, 0.15) is 43.4 Å². The highest BCUT2D eigenvalue weighted by Crippen LogP contribution is 2.31. The van der Waals surface area contributed by atoms with Gasteiger partial charge in [-0.3, -0.25) is 19.4 Å². The summed E-state index contributed by atoms with van der Waals surface area (Å²) in [5, 5.41) is 9.07. The van der Waals surface area contributed by atoms with Crippen LogP contribution in [0, 0.1) is 0 Å². The number of carbonyl (C=O) groups is 3. The van der Waals surface area contributed by atoms with E-state index in [1.807, 2.05) is 36.4 Å². The van der Waals surface area contributed by atoms with Gasteiger partial charge in [0.05, 0.1) is 22.3 Å². The second kappa shape index (κ2) is 14.2. The Balaban J connectivity index is 1.17. The lowest BCUT2D eigenvalue weighted by Crippen LogP contribution is -2.40. The summed E-state index contributed by atoms with van der Waals surface area (Å²) in [6.07, 6.45) is -3.04. The Bertz CT molecular complexity index is 2120. The van der Waals surface area contributed by atoms with Crippen molar-refractivity contribution in [1.29, 1.82) is 0 Å². The molecule has 0 aliphatic heterocycles. The summed E-state index contributed by atoms with van der Waals surface area (Å²) >= 11 is 0. The predicted octanol–water partition coefficient (Wildman–Crippen LogP) is 7.36. The largest absolute Gasteiger partial charge is 0.416 e. The number of pyridine rings is 2. The minimum atomic E-state index is -4.49. The summed E-state index contributed by atoms with van der Waals surface area (Å²) in [5.41, 5.74) is 2.25. The van der Waals surface area contributed by atoms with E-state index in [0.29, 0.717) is 34.1 Å². The first kappa shape index (κ1) is 32.6. The van der Waals surface area contributed by atoms with Gasteiger partial charge in [-0.05, 0) is 65.7 Å². The number of nitrogens with one attached hydrogen (secondary N) is 3. The van der Waals surface area contributed by atoms with Crippen molar-refractivity contribution in [2.45, 2.75) is 18.8 Å². The van der Waals surface area contributed by atoms with E-state index in [1.54, 1.807) is 60.7 Å². The minimum absolute atomic E-state index is 0.150. The molecule has 0 aliphatic carbocycles. The third-order valence-electron chi connectivity index (χ3n) is 7.71. The molecule has 0 saturated heterocycles. The van der Waals surface area contributed by atoms with Gasteiger partial charge in [0.1, 0.15) is 11.9 Å². The SMILES string of the molecule is O=C(N[C@H](C(=O)NCc1ccccc1)c1ccccc1)c1ccc2nc(NC(=O)c3cccnc3-c3ccc(C(F)(F)F)cc3)ccc2c1. The van der Waals surface area contributed by atoms with Crippen molar-refractivity contribution in [3.05, 3.63) is 161 Å². The number of benzene rings is 4. The molecule has 0 saturated carbocycles. The van der Waals surface area contributed by atoms with E-state index in [-0.39, 0.29) is 23.0 Å². The van der Waals surface area contributed by atoms with Gasteiger partial charge in [0.25, 0.3) is 11.8 Å². The molecule has 0 aliphatic rings. The Hall–Kier alpha value is -6.36. The van der Waals surface area contributed by atoms with Crippen LogP contribution in [-0.2, 0) is 17.5 Å². The molecule has 2 aromatic heterocycles. The first-order valence-corrected chi connectivity index (χ1v) is 15.2. The van der Waals surface area contributed by atoms with E-state index in [4.69, 9.17) is 0 Å². The fourth-order valence-electron chi connectivity index (χ4n) is 5.20. The van der Waals surface area contributed by atoms with Crippen LogP contribution in [0.15, 0.2) is 134 Å². The van der Waals surface area contributed by atoms with Gasteiger partial charge in [-0.1, -0.05) is 72.8 Å². The lowest BCUT2D eigenvalue weighted by atomic mass is 10.0. The van der Waals surface area contributed by atoms with Crippen LogP contribution in [-0.4, -0.2) is 27.7 Å². The molecule has 6 rings (SSSR count). The third-order valence-corrected chi connectivity index (χ3v) is 7.71. The Labute approximate surface area is 279 Å². The van der Waals surface area contributed by atoms with Crippen molar-refractivity contribution in [1.82, 2.24) is 20.6 Å². The van der Waals surface area contributed by atoms with Crippen molar-refractivity contribution in [2.24, 2.45) is 0 Å². The van der Waals surface area contributed by atoms with Gasteiger partial charge in [0.2, 0.25) is 5.91 Å². The number of anilines is 1. The fraction of sp³-hybridized carbons (Fsp3) is 0.0789. The Morgan fingerprint density at radius 1 is 0.735 bits per heavy atom. The summed E-state index contributed by atoms with van der Waals surface area (Å²) < 4.78 is 39.1. The van der Waals surface area contributed by atoms with Crippen LogP contribution in [0.3, 0.4) is 0 Å². The smallest absolute Gasteiger partial charge is 0.350 e. The van der Waals surface area contributed by atoms with Crippen LogP contribution >= 0.6 is 0 Å². The van der Waals surface area contributed by atoms with Crippen LogP contribution in [0.4, 0.5) is 19.0 Å². The monoisotopic (exact) mass is 659 g/mol. The molecule has 1 atom stereocenters. The zero-order valence-corrected chi connectivity index (χ0v) is 25.7. The molecule has 11 heteroatoms. The van der Waals surface area contributed by atoms with E-state index in [9.17, 15) is 27.6 Å². The van der Waals surface area contributed by atoms with Gasteiger partial charge >= 0.3 is 6.18 Å². The molecular weight excluding hydrogens is 631 g/mol. The number of nitrogens with zero attached hydrogens (tertiary/aromatic N) is 2. The molecule has 8 nitrogen and oxygen atoms in total. The summed E-state index contributed by atoms with van der Waals surface area (Å²) in [5.74, 6) is -1.16. The quantitative estimate of drug-likeness (QED) is 0.150. The minimum Gasteiger partial charge on any atom is -0.350 e. The number of rotatable bonds is 9. The summed E-state index contributed by atoms with van der Waals surface area (Å²) in [7, 11) is 0. The first-order valence-electron chi connectivity index (χ1n) is 15.2. The van der Waals surface area contributed by atoms with Gasteiger partial charge in [0, 0.05) is 29.3 Å². The van der Waals surface area contributed by atoms with E-state index >= 15 is 0 Å². The van der Waals surface area contributed by atoms with Crippen molar-refractivity contribution in [3.8, 4) is 11.3 Å². The van der Waals surface area contributed by atoms with Crippen molar-refractivity contribution < 1.29 is 27.6 Å². The lowest BCUT2D eigenvalue weighted by Gasteiger charge is -2.19. The normalized spacial score (nSPS) is 11.8. The topological polar surface area (TPSA) is 113 Å². The number of aromatic nitrogens is 2. The number of carbonyl (C=O) groups excluding carboxylic acids is 3. The van der Waals surface area contributed by atoms with Crippen LogP contribution < -0.4 is 16.0 Å². The number of fused-ring (bicyclic) bond motifs is 1. The van der Waals surface area contributed by atoms with Crippen molar-refractivity contribution in [3.63, 3.8) is 0 Å². The van der Waals surface area contributed by atoms with Gasteiger partial charge < -0.3 is 16.0 Å². The predicted molar refractivity (Wildman–Crippen MR) is 179 cm³/mol. The zero-order chi connectivity index (χ0) is 34.4. The molecule has 244 valence electrons. The molecule has 3 N–H and O–H groups in total. The Kier molecular flexibility index (Phi) is 9.43. The fourth-order valence-corrected chi connectivity index (χ4v) is 5.20. The van der Waals surface area contributed by atoms with Crippen LogP contribution in [0.2, 0.25) is 0 Å². The highest BCUT2D eigenvalue weighted by atomic mass is 19.4. The van der Waals surface area contributed by atoms with Gasteiger partial charge in [-0.25, -0.2) is 4.98 Å². The molecule has 0 radical (unpaired) electrons. The van der Waals surface area contributed by atoms with Crippen molar-refractivity contribution in [2.75, 3.05) is 5.32 Å². The molecule has 49 heavy (non-hydrogen) atoms. The van der Waals surface area contributed by atoms with Crippen LogP contribution in [0.5, 0.6) is 0 Å². The molecule has 4 aromatic carbocycles. The summed E-state index contributed by atoms with van der Waals surface area (Å²) in [4.78, 5) is 48.7. The standard InChI is InChI=1S/C38H28F3N5O3/c39-38(40,41)29-17-13-26(14-18-29)33-30(12-7-21-42-33)36(48)45-32-20-16-27-22-28(15-19-31(27)44-32)35(47)46-34(25-10-5-2-6-11-25)37(49)43-23-24-8-3-1-4-9-24/h1-22,34H,23H2,(H,43,49)(H,46,47)(H,44,45,48)/t34-/m0/s1. The van der Waals surface area contributed by atoms with Gasteiger partial charge in [0.15, 0.2) is 0 Å². The van der Waals surface area contributed by atoms with E-state index in [1.165, 1.54) is 24.4 Å². The average Bonchev–Trinajstić information content (AvgIpc) is 3.13. The van der Waals surface area contributed by atoms with Gasteiger partial charge in [-0.15, -0.1) is 0 Å². The zero-order valence-electron chi connectivity index (χ0n) is 25.7. The molecule has 0 unspecified atom stereocenters. The number of amides is 3. The second-order valence-corrected chi connectivity index (χ2v) is 11.1. The summed E-state index contributed by atoms with van der Waals surface area (Å²) in [6, 6.07) is 33.0. The van der Waals surface area contributed by atoms with Gasteiger partial charge in [-0.2, -0.15) is 13.2 Å². The first-order chi connectivity index (χ1) is 23.7. The average molecular weight is 660 g/mol. The van der Waals surface area contributed by atoms with E-state index < -0.39 is 29.6 Å². The third kappa shape index (κ3) is 7.79. The molecule has 6 aromatic rings. The van der Waals surface area contributed by atoms with Crippen LogP contribution in [0.25, 0.3) is 22.2 Å². The molecular formula is C38H28F3N5O3. The number of alkyl halides is 3. The number of hydrogen-bond donors (Lipinski definition) is 3. The molecule has 0 bridgehead atoms. The molecule has 2 heterocycles. The Morgan fingerprint density at radius 2 is 1.45 bits per heavy atom. The van der Waals surface area contributed by atoms with E-state index in [2.05, 4.69) is 25.9 Å². The summed E-state index contributed by atoms with van der Waals surface area (Å²) in [6.45, 7) is 0.302. The lowest BCUT2D eigenvalue weighted by molar-refractivity contribution is -0.137. The highest BCUT2D eigenvalue weighted by molar-refractivity contribution is 6.08. The molecule has 0 spiro atoms. The maximum absolute atomic E-state index is 13.4. The number of hydrogen-bond acceptors (Lipinski definition) is 5. The number of halogens is 3. The maximum Gasteiger partial charge on any atom is 0.416 e. The highest BCUT2D eigenvalue weighted by Gasteiger charge is 2.30. The Morgan fingerprint density at radius 3 is 2.16 bits per heavy atom. The second-order valence-electron chi connectivity index (χ2n) is 11.1. The van der Waals surface area contributed by atoms with E-state index in [0.717, 1.165) is 17.7 Å².